The second-order valence-electron chi connectivity index (χ2n) is 5.12. The first kappa shape index (κ1) is 14.3. The van der Waals surface area contributed by atoms with Crippen molar-refractivity contribution in [2.75, 3.05) is 26.4 Å². The summed E-state index contributed by atoms with van der Waals surface area (Å²) >= 11 is 0. The van der Waals surface area contributed by atoms with Gasteiger partial charge in [-0.15, -0.1) is 0 Å². The van der Waals surface area contributed by atoms with Crippen LogP contribution in [0.2, 0.25) is 0 Å². The average molecular weight is 251 g/mol. The average Bonchev–Trinajstić information content (AvgIpc) is 2.26. The van der Waals surface area contributed by atoms with Crippen LogP contribution >= 0.6 is 0 Å². The van der Waals surface area contributed by atoms with Crippen LogP contribution in [0.5, 0.6) is 5.75 Å². The third-order valence-corrected chi connectivity index (χ3v) is 3.06. The molecule has 1 aromatic carbocycles. The fourth-order valence-corrected chi connectivity index (χ4v) is 1.25. The number of hydrogen-bond acceptors (Lipinski definition) is 4. The number of amides is 1. The monoisotopic (exact) mass is 251 g/mol. The van der Waals surface area contributed by atoms with E-state index >= 15 is 0 Å². The lowest BCUT2D eigenvalue weighted by Gasteiger charge is -2.32. The number of ether oxygens (including phenoxy) is 1. The fraction of sp³-hybridized carbons (Fsp3) is 0.462. The molecule has 0 saturated heterocycles. The molecule has 0 atom stereocenters. The van der Waals surface area contributed by atoms with Crippen molar-refractivity contribution >= 4 is 11.6 Å². The Kier molecular flexibility index (Phi) is 4.19. The Morgan fingerprint density at radius 1 is 1.39 bits per heavy atom. The minimum Gasteiger partial charge on any atom is -0.491 e. The molecule has 0 aliphatic heterocycles. The van der Waals surface area contributed by atoms with Crippen molar-refractivity contribution in [1.82, 2.24) is 4.90 Å². The molecule has 5 heteroatoms. The van der Waals surface area contributed by atoms with Crippen LogP contribution in [0.15, 0.2) is 18.2 Å². The summed E-state index contributed by atoms with van der Waals surface area (Å²) in [6.45, 7) is 4.52. The summed E-state index contributed by atoms with van der Waals surface area (Å²) in [7, 11) is 3.94. The predicted octanol–water partition coefficient (Wildman–Crippen LogP) is 1.09. The first-order valence-electron chi connectivity index (χ1n) is 5.73. The van der Waals surface area contributed by atoms with E-state index in [4.69, 9.17) is 16.2 Å². The van der Waals surface area contributed by atoms with E-state index in [0.29, 0.717) is 23.6 Å². The maximum Gasteiger partial charge on any atom is 0.252 e. The minimum atomic E-state index is -0.521. The molecule has 100 valence electrons. The predicted molar refractivity (Wildman–Crippen MR) is 72.6 cm³/mol. The van der Waals surface area contributed by atoms with Gasteiger partial charge in [-0.25, -0.2) is 0 Å². The van der Waals surface area contributed by atoms with Gasteiger partial charge in [0.15, 0.2) is 0 Å². The van der Waals surface area contributed by atoms with E-state index in [-0.39, 0.29) is 5.54 Å². The molecule has 0 unspecified atom stereocenters. The smallest absolute Gasteiger partial charge is 0.252 e. The summed E-state index contributed by atoms with van der Waals surface area (Å²) in [5, 5.41) is 0. The number of rotatable bonds is 5. The normalized spacial score (nSPS) is 11.6. The number of hydrogen-bond donors (Lipinski definition) is 2. The van der Waals surface area contributed by atoms with Crippen LogP contribution in [0.3, 0.4) is 0 Å². The van der Waals surface area contributed by atoms with Gasteiger partial charge in [0, 0.05) is 17.3 Å². The topological polar surface area (TPSA) is 81.6 Å². The van der Waals surface area contributed by atoms with Crippen molar-refractivity contribution in [2.24, 2.45) is 5.73 Å². The van der Waals surface area contributed by atoms with E-state index in [1.54, 1.807) is 18.2 Å². The Bertz CT molecular complexity index is 442. The second kappa shape index (κ2) is 5.27. The molecule has 18 heavy (non-hydrogen) atoms. The van der Waals surface area contributed by atoms with Crippen molar-refractivity contribution in [3.8, 4) is 5.75 Å². The summed E-state index contributed by atoms with van der Waals surface area (Å²) in [5.74, 6) is -0.0925. The number of nitrogens with two attached hydrogens (primary N) is 2. The van der Waals surface area contributed by atoms with Gasteiger partial charge in [0.25, 0.3) is 5.91 Å². The van der Waals surface area contributed by atoms with Gasteiger partial charge in [-0.2, -0.15) is 0 Å². The van der Waals surface area contributed by atoms with E-state index in [1.165, 1.54) is 0 Å². The Morgan fingerprint density at radius 2 is 2.00 bits per heavy atom. The molecule has 1 aromatic rings. The molecular weight excluding hydrogens is 230 g/mol. The van der Waals surface area contributed by atoms with Crippen molar-refractivity contribution < 1.29 is 9.53 Å². The zero-order valence-corrected chi connectivity index (χ0v) is 11.4. The molecule has 5 nitrogen and oxygen atoms in total. The summed E-state index contributed by atoms with van der Waals surface area (Å²) in [5.41, 5.74) is 11.7. The van der Waals surface area contributed by atoms with E-state index in [2.05, 4.69) is 0 Å². The second-order valence-corrected chi connectivity index (χ2v) is 5.12. The molecule has 0 aliphatic carbocycles. The Labute approximate surface area is 108 Å². The van der Waals surface area contributed by atoms with E-state index in [9.17, 15) is 4.79 Å². The standard InChI is InChI=1S/C13H21N3O2/c1-13(2,16(3)4)8-18-11-7-9(14)5-6-10(11)12(15)17/h5-7H,8,14H2,1-4H3,(H2,15,17). The number of likely N-dealkylation sites (N-methyl/N-ethyl adjacent to an activating group) is 1. The van der Waals surface area contributed by atoms with E-state index in [1.807, 2.05) is 32.8 Å². The largest absolute Gasteiger partial charge is 0.491 e. The van der Waals surface area contributed by atoms with Gasteiger partial charge in [0.05, 0.1) is 5.56 Å². The lowest BCUT2D eigenvalue weighted by atomic mass is 10.1. The molecule has 0 aliphatic rings. The van der Waals surface area contributed by atoms with E-state index < -0.39 is 5.91 Å². The molecule has 4 N–H and O–H groups in total. The lowest BCUT2D eigenvalue weighted by Crippen LogP contribution is -2.43. The van der Waals surface area contributed by atoms with Crippen molar-refractivity contribution in [3.63, 3.8) is 0 Å². The zero-order chi connectivity index (χ0) is 13.9. The fourth-order valence-electron chi connectivity index (χ4n) is 1.25. The van der Waals surface area contributed by atoms with Gasteiger partial charge in [0.1, 0.15) is 12.4 Å². The summed E-state index contributed by atoms with van der Waals surface area (Å²) < 4.78 is 5.68. The van der Waals surface area contributed by atoms with Gasteiger partial charge in [-0.1, -0.05) is 0 Å². The first-order valence-corrected chi connectivity index (χ1v) is 5.73. The number of nitrogens with zero attached hydrogens (tertiary/aromatic N) is 1. The molecule has 0 aromatic heterocycles. The van der Waals surface area contributed by atoms with Crippen LogP contribution in [0.1, 0.15) is 24.2 Å². The molecule has 0 saturated carbocycles. The SMILES string of the molecule is CN(C)C(C)(C)COc1cc(N)ccc1C(N)=O. The highest BCUT2D eigenvalue weighted by molar-refractivity contribution is 5.96. The van der Waals surface area contributed by atoms with Crippen LogP contribution in [0.25, 0.3) is 0 Å². The lowest BCUT2D eigenvalue weighted by molar-refractivity contribution is 0.0976. The maximum absolute atomic E-state index is 11.3. The molecule has 1 rings (SSSR count). The Morgan fingerprint density at radius 3 is 2.50 bits per heavy atom. The first-order chi connectivity index (χ1) is 8.24. The van der Waals surface area contributed by atoms with Gasteiger partial charge in [0.2, 0.25) is 0 Å². The molecule has 0 spiro atoms. The Balaban J connectivity index is 2.90. The summed E-state index contributed by atoms with van der Waals surface area (Å²) in [4.78, 5) is 13.3. The highest BCUT2D eigenvalue weighted by Gasteiger charge is 2.22. The number of carbonyl (C=O) groups is 1. The van der Waals surface area contributed by atoms with Gasteiger partial charge >= 0.3 is 0 Å². The summed E-state index contributed by atoms with van der Waals surface area (Å²) in [6, 6.07) is 4.82. The minimum absolute atomic E-state index is 0.153. The number of anilines is 1. The Hall–Kier alpha value is -1.75. The highest BCUT2D eigenvalue weighted by Crippen LogP contribution is 2.23. The highest BCUT2D eigenvalue weighted by atomic mass is 16.5. The molecule has 0 fully saturated rings. The quantitative estimate of drug-likeness (QED) is 0.767. The van der Waals surface area contributed by atoms with Crippen LogP contribution in [0, 0.1) is 0 Å². The van der Waals surface area contributed by atoms with Crippen LogP contribution in [0.4, 0.5) is 5.69 Å². The van der Waals surface area contributed by atoms with Crippen molar-refractivity contribution in [2.45, 2.75) is 19.4 Å². The molecule has 0 heterocycles. The van der Waals surface area contributed by atoms with Crippen LogP contribution in [-0.2, 0) is 0 Å². The third kappa shape index (κ3) is 3.37. The van der Waals surface area contributed by atoms with Crippen molar-refractivity contribution in [1.29, 1.82) is 0 Å². The van der Waals surface area contributed by atoms with Crippen molar-refractivity contribution in [3.05, 3.63) is 23.8 Å². The van der Waals surface area contributed by atoms with Gasteiger partial charge in [-0.05, 0) is 40.1 Å². The zero-order valence-electron chi connectivity index (χ0n) is 11.4. The number of primary amides is 1. The number of carbonyl (C=O) groups excluding carboxylic acids is 1. The molecular formula is C13H21N3O2. The molecule has 1 amide bonds. The maximum atomic E-state index is 11.3. The summed E-state index contributed by atoms with van der Waals surface area (Å²) in [6.07, 6.45) is 0. The molecule has 0 bridgehead atoms. The molecule has 0 radical (unpaired) electrons. The van der Waals surface area contributed by atoms with Gasteiger partial charge in [-0.3, -0.25) is 4.79 Å². The van der Waals surface area contributed by atoms with Gasteiger partial charge < -0.3 is 21.1 Å². The van der Waals surface area contributed by atoms with E-state index in [0.717, 1.165) is 0 Å². The number of benzene rings is 1. The number of nitrogen functional groups attached to an aromatic ring is 1. The van der Waals surface area contributed by atoms with Crippen LogP contribution in [-0.4, -0.2) is 37.0 Å². The third-order valence-electron chi connectivity index (χ3n) is 3.06. The van der Waals surface area contributed by atoms with Crippen LogP contribution < -0.4 is 16.2 Å².